The van der Waals surface area contributed by atoms with Gasteiger partial charge in [0.1, 0.15) is 17.3 Å². The van der Waals surface area contributed by atoms with Crippen molar-refractivity contribution in [1.82, 2.24) is 0 Å². The quantitative estimate of drug-likeness (QED) is 0.586. The summed E-state index contributed by atoms with van der Waals surface area (Å²) in [6, 6.07) is 15.5. The first-order valence-corrected chi connectivity index (χ1v) is 9.75. The van der Waals surface area contributed by atoms with Gasteiger partial charge in [0.15, 0.2) is 0 Å². The van der Waals surface area contributed by atoms with Gasteiger partial charge in [-0.2, -0.15) is 0 Å². The second kappa shape index (κ2) is 7.80. The molecule has 0 saturated heterocycles. The van der Waals surface area contributed by atoms with E-state index in [1.165, 1.54) is 0 Å². The van der Waals surface area contributed by atoms with Gasteiger partial charge in [0.25, 0.3) is 11.8 Å². The molecule has 0 radical (unpaired) electrons. The Balaban J connectivity index is 1.87. The molecule has 4 rings (SSSR count). The fourth-order valence-corrected chi connectivity index (χ4v) is 3.56. The molecule has 1 heterocycles. The van der Waals surface area contributed by atoms with Crippen molar-refractivity contribution in [2.45, 2.75) is 20.8 Å². The summed E-state index contributed by atoms with van der Waals surface area (Å²) in [6.45, 7) is 5.76. The molecular formula is C25H20F2N2O2. The highest BCUT2D eigenvalue weighted by molar-refractivity contribution is 6.46. The molecular weight excluding hydrogens is 398 g/mol. The van der Waals surface area contributed by atoms with Crippen LogP contribution in [0.2, 0.25) is 0 Å². The van der Waals surface area contributed by atoms with E-state index in [0.29, 0.717) is 17.3 Å². The Kier molecular flexibility index (Phi) is 5.15. The number of aryl methyl sites for hydroxylation is 3. The average Bonchev–Trinajstić information content (AvgIpc) is 2.94. The zero-order valence-electron chi connectivity index (χ0n) is 17.3. The molecule has 0 aromatic heterocycles. The van der Waals surface area contributed by atoms with Crippen molar-refractivity contribution in [1.29, 1.82) is 0 Å². The number of imide groups is 1. The largest absolute Gasteiger partial charge is 0.350 e. The van der Waals surface area contributed by atoms with E-state index in [0.717, 1.165) is 33.7 Å². The van der Waals surface area contributed by atoms with Gasteiger partial charge in [0, 0.05) is 11.8 Å². The topological polar surface area (TPSA) is 49.4 Å². The molecule has 4 nitrogen and oxygen atoms in total. The highest BCUT2D eigenvalue weighted by Gasteiger charge is 2.41. The molecule has 0 aliphatic carbocycles. The summed E-state index contributed by atoms with van der Waals surface area (Å²) < 4.78 is 27.9. The second-order valence-corrected chi connectivity index (χ2v) is 7.58. The molecule has 0 unspecified atom stereocenters. The highest BCUT2D eigenvalue weighted by Crippen LogP contribution is 2.35. The maximum atomic E-state index is 14.5. The lowest BCUT2D eigenvalue weighted by Gasteiger charge is -2.16. The number of rotatable bonds is 4. The van der Waals surface area contributed by atoms with Gasteiger partial charge in [-0.15, -0.1) is 0 Å². The highest BCUT2D eigenvalue weighted by atomic mass is 19.1. The Bertz CT molecular complexity index is 1260. The number of nitrogens with zero attached hydrogens (tertiary/aromatic N) is 1. The van der Waals surface area contributed by atoms with Crippen molar-refractivity contribution >= 4 is 28.8 Å². The van der Waals surface area contributed by atoms with Crippen LogP contribution in [0.4, 0.5) is 20.2 Å². The van der Waals surface area contributed by atoms with E-state index in [2.05, 4.69) is 5.32 Å². The molecule has 3 aromatic carbocycles. The fourth-order valence-electron chi connectivity index (χ4n) is 3.56. The van der Waals surface area contributed by atoms with Gasteiger partial charge in [-0.1, -0.05) is 30.3 Å². The molecule has 156 valence electrons. The first kappa shape index (κ1) is 20.5. The summed E-state index contributed by atoms with van der Waals surface area (Å²) in [5.74, 6) is -3.15. The number of carbonyl (C=O) groups is 2. The van der Waals surface area contributed by atoms with E-state index in [9.17, 15) is 18.4 Å². The summed E-state index contributed by atoms with van der Waals surface area (Å²) in [4.78, 5) is 27.4. The molecule has 1 aliphatic rings. The van der Waals surface area contributed by atoms with Gasteiger partial charge in [-0.3, -0.25) is 9.59 Å². The third kappa shape index (κ3) is 3.72. The van der Waals surface area contributed by atoms with Crippen LogP contribution < -0.4 is 10.2 Å². The van der Waals surface area contributed by atoms with E-state index in [1.54, 1.807) is 12.1 Å². The molecule has 0 spiro atoms. The number of carbonyl (C=O) groups excluding carboxylic acids is 2. The van der Waals surface area contributed by atoms with Crippen LogP contribution in [-0.2, 0) is 9.59 Å². The third-order valence-corrected chi connectivity index (χ3v) is 5.32. The van der Waals surface area contributed by atoms with E-state index in [1.807, 2.05) is 51.1 Å². The summed E-state index contributed by atoms with van der Waals surface area (Å²) in [7, 11) is 0. The van der Waals surface area contributed by atoms with Gasteiger partial charge in [-0.25, -0.2) is 13.7 Å². The number of anilines is 2. The predicted octanol–water partition coefficient (Wildman–Crippen LogP) is 5.29. The van der Waals surface area contributed by atoms with Crippen LogP contribution in [0, 0.1) is 32.4 Å². The van der Waals surface area contributed by atoms with Gasteiger partial charge < -0.3 is 5.32 Å². The van der Waals surface area contributed by atoms with Crippen LogP contribution in [0.15, 0.2) is 66.4 Å². The lowest BCUT2D eigenvalue weighted by atomic mass is 9.99. The molecule has 2 amide bonds. The Labute approximate surface area is 178 Å². The zero-order valence-corrected chi connectivity index (χ0v) is 17.3. The van der Waals surface area contributed by atoms with Crippen molar-refractivity contribution in [3.63, 3.8) is 0 Å². The Hall–Kier alpha value is -3.80. The van der Waals surface area contributed by atoms with Crippen molar-refractivity contribution in [2.24, 2.45) is 0 Å². The first-order chi connectivity index (χ1) is 14.8. The molecule has 31 heavy (non-hydrogen) atoms. The van der Waals surface area contributed by atoms with Crippen molar-refractivity contribution < 1.29 is 18.4 Å². The van der Waals surface area contributed by atoms with E-state index in [-0.39, 0.29) is 17.0 Å². The number of amides is 2. The van der Waals surface area contributed by atoms with Crippen molar-refractivity contribution in [3.8, 4) is 0 Å². The number of benzene rings is 3. The molecule has 3 aromatic rings. The molecule has 0 atom stereocenters. The van der Waals surface area contributed by atoms with E-state index in [4.69, 9.17) is 0 Å². The van der Waals surface area contributed by atoms with Crippen LogP contribution in [0.5, 0.6) is 0 Å². The molecule has 1 N–H and O–H groups in total. The first-order valence-electron chi connectivity index (χ1n) is 9.75. The van der Waals surface area contributed by atoms with Gasteiger partial charge in [0.05, 0.1) is 11.3 Å². The van der Waals surface area contributed by atoms with E-state index >= 15 is 0 Å². The van der Waals surface area contributed by atoms with Gasteiger partial charge in [0.2, 0.25) is 0 Å². The summed E-state index contributed by atoms with van der Waals surface area (Å²) in [5.41, 5.74) is 4.01. The lowest BCUT2D eigenvalue weighted by molar-refractivity contribution is -0.120. The number of hydrogen-bond acceptors (Lipinski definition) is 3. The zero-order chi connectivity index (χ0) is 22.3. The van der Waals surface area contributed by atoms with Gasteiger partial charge in [-0.05, 0) is 67.3 Å². The Morgan fingerprint density at radius 1 is 0.806 bits per heavy atom. The average molecular weight is 418 g/mol. The molecule has 1 aliphatic heterocycles. The predicted molar refractivity (Wildman–Crippen MR) is 116 cm³/mol. The standard InChI is InChI=1S/C25H20F2N2O2/c1-14-5-4-6-19(11-14)28-23-22(17-8-7-15(2)16(3)12-17)24(30)29(25(23)31)21-10-9-18(26)13-20(21)27/h4-13,28H,1-3H3. The lowest BCUT2D eigenvalue weighted by Crippen LogP contribution is -2.33. The van der Waals surface area contributed by atoms with Crippen LogP contribution in [0.1, 0.15) is 22.3 Å². The molecule has 6 heteroatoms. The van der Waals surface area contributed by atoms with Crippen LogP contribution in [0.25, 0.3) is 5.57 Å². The Morgan fingerprint density at radius 2 is 1.58 bits per heavy atom. The van der Waals surface area contributed by atoms with Crippen LogP contribution >= 0.6 is 0 Å². The number of nitrogens with one attached hydrogen (secondary N) is 1. The number of hydrogen-bond donors (Lipinski definition) is 1. The summed E-state index contributed by atoms with van der Waals surface area (Å²) >= 11 is 0. The smallest absolute Gasteiger partial charge is 0.282 e. The van der Waals surface area contributed by atoms with Crippen LogP contribution in [-0.4, -0.2) is 11.8 Å². The summed E-state index contributed by atoms with van der Waals surface area (Å²) in [5, 5.41) is 3.05. The summed E-state index contributed by atoms with van der Waals surface area (Å²) in [6.07, 6.45) is 0. The number of halogens is 2. The minimum atomic E-state index is -0.988. The minimum Gasteiger partial charge on any atom is -0.350 e. The molecule has 0 fully saturated rings. The van der Waals surface area contributed by atoms with Gasteiger partial charge >= 0.3 is 0 Å². The minimum absolute atomic E-state index is 0.0441. The molecule has 0 bridgehead atoms. The second-order valence-electron chi connectivity index (χ2n) is 7.58. The normalized spacial score (nSPS) is 13.9. The molecule has 0 saturated carbocycles. The monoisotopic (exact) mass is 418 g/mol. The Morgan fingerprint density at radius 3 is 2.26 bits per heavy atom. The van der Waals surface area contributed by atoms with Crippen molar-refractivity contribution in [2.75, 3.05) is 10.2 Å². The third-order valence-electron chi connectivity index (χ3n) is 5.32. The van der Waals surface area contributed by atoms with Crippen LogP contribution in [0.3, 0.4) is 0 Å². The fraction of sp³-hybridized carbons (Fsp3) is 0.120. The SMILES string of the molecule is Cc1cccc(NC2=C(c3ccc(C)c(C)c3)C(=O)N(c3ccc(F)cc3F)C2=O)c1. The van der Waals surface area contributed by atoms with E-state index < -0.39 is 23.4 Å². The maximum absolute atomic E-state index is 14.5. The maximum Gasteiger partial charge on any atom is 0.282 e. The van der Waals surface area contributed by atoms with Crippen molar-refractivity contribution in [3.05, 3.63) is 100 Å².